The fourth-order valence-corrected chi connectivity index (χ4v) is 2.31. The van der Waals surface area contributed by atoms with E-state index >= 15 is 0 Å². The number of ether oxygens (including phenoxy) is 1. The minimum Gasteiger partial charge on any atom is -0.383 e. The largest absolute Gasteiger partial charge is 0.383 e. The van der Waals surface area contributed by atoms with Crippen LogP contribution in [0.4, 0.5) is 5.82 Å². The van der Waals surface area contributed by atoms with Gasteiger partial charge >= 0.3 is 0 Å². The van der Waals surface area contributed by atoms with Crippen molar-refractivity contribution in [2.75, 3.05) is 12.3 Å². The zero-order valence-corrected chi connectivity index (χ0v) is 9.91. The van der Waals surface area contributed by atoms with Crippen molar-refractivity contribution in [2.45, 2.75) is 13.0 Å². The number of thiazole rings is 1. The van der Waals surface area contributed by atoms with Gasteiger partial charge in [-0.15, -0.1) is 11.3 Å². The van der Waals surface area contributed by atoms with Gasteiger partial charge in [0.25, 0.3) is 0 Å². The van der Waals surface area contributed by atoms with Gasteiger partial charge in [-0.1, -0.05) is 30.3 Å². The average Bonchev–Trinajstić information content (AvgIpc) is 2.74. The molecule has 1 atom stereocenters. The average molecular weight is 234 g/mol. The molecule has 2 rings (SSSR count). The van der Waals surface area contributed by atoms with Crippen LogP contribution in [0, 0.1) is 0 Å². The highest BCUT2D eigenvalue weighted by Crippen LogP contribution is 2.28. The van der Waals surface area contributed by atoms with Crippen LogP contribution in [0.15, 0.2) is 35.7 Å². The third kappa shape index (κ3) is 2.40. The Morgan fingerprint density at radius 3 is 2.69 bits per heavy atom. The molecule has 4 heteroatoms. The lowest BCUT2D eigenvalue weighted by Gasteiger charge is -2.14. The summed E-state index contributed by atoms with van der Waals surface area (Å²) in [5, 5.41) is 2.75. The van der Waals surface area contributed by atoms with Gasteiger partial charge in [0.1, 0.15) is 16.9 Å². The van der Waals surface area contributed by atoms with Crippen molar-refractivity contribution >= 4 is 17.2 Å². The summed E-state index contributed by atoms with van der Waals surface area (Å²) in [5.74, 6) is 0.556. The molecule has 1 unspecified atom stereocenters. The smallest absolute Gasteiger partial charge is 0.134 e. The number of anilines is 1. The van der Waals surface area contributed by atoms with E-state index in [1.165, 1.54) is 11.3 Å². The Labute approximate surface area is 98.9 Å². The van der Waals surface area contributed by atoms with Crippen LogP contribution in [0.5, 0.6) is 0 Å². The Balaban J connectivity index is 2.31. The van der Waals surface area contributed by atoms with Gasteiger partial charge < -0.3 is 10.5 Å². The topological polar surface area (TPSA) is 48.1 Å². The van der Waals surface area contributed by atoms with Crippen LogP contribution in [-0.2, 0) is 4.74 Å². The van der Waals surface area contributed by atoms with Gasteiger partial charge in [-0.25, -0.2) is 4.98 Å². The van der Waals surface area contributed by atoms with Gasteiger partial charge in [-0.2, -0.15) is 0 Å². The maximum atomic E-state index is 5.72. The van der Waals surface area contributed by atoms with Crippen LogP contribution in [-0.4, -0.2) is 11.6 Å². The fraction of sp³-hybridized carbons (Fsp3) is 0.250. The van der Waals surface area contributed by atoms with E-state index in [9.17, 15) is 0 Å². The molecule has 0 bridgehead atoms. The van der Waals surface area contributed by atoms with Gasteiger partial charge in [-0.3, -0.25) is 0 Å². The molecule has 3 nitrogen and oxygen atoms in total. The summed E-state index contributed by atoms with van der Waals surface area (Å²) in [4.78, 5) is 4.28. The molecule has 0 amide bonds. The molecule has 1 aromatic heterocycles. The number of hydrogen-bond donors (Lipinski definition) is 1. The molecule has 16 heavy (non-hydrogen) atoms. The first-order chi connectivity index (χ1) is 7.81. The standard InChI is InChI=1S/C12H14N2OS/c1-2-15-11(9-6-4-3-5-7-9)12-14-10(13)8-16-12/h3-8,11H,2,13H2,1H3. The molecule has 0 saturated carbocycles. The quantitative estimate of drug-likeness (QED) is 0.885. The maximum absolute atomic E-state index is 5.72. The summed E-state index contributed by atoms with van der Waals surface area (Å²) >= 11 is 1.53. The lowest BCUT2D eigenvalue weighted by Crippen LogP contribution is -2.05. The van der Waals surface area contributed by atoms with Crippen LogP contribution in [0.1, 0.15) is 23.6 Å². The summed E-state index contributed by atoms with van der Waals surface area (Å²) in [7, 11) is 0. The summed E-state index contributed by atoms with van der Waals surface area (Å²) in [6.45, 7) is 2.63. The Morgan fingerprint density at radius 1 is 1.38 bits per heavy atom. The van der Waals surface area contributed by atoms with E-state index in [4.69, 9.17) is 10.5 Å². The predicted octanol–water partition coefficient (Wildman–Crippen LogP) is 2.85. The normalized spacial score (nSPS) is 12.6. The molecule has 0 fully saturated rings. The highest BCUT2D eigenvalue weighted by atomic mass is 32.1. The summed E-state index contributed by atoms with van der Waals surface area (Å²) in [6, 6.07) is 10.1. The van der Waals surface area contributed by atoms with Gasteiger partial charge in [-0.05, 0) is 12.5 Å². The first-order valence-electron chi connectivity index (χ1n) is 5.18. The molecule has 2 aromatic rings. The first kappa shape index (κ1) is 11.1. The Morgan fingerprint density at radius 2 is 2.12 bits per heavy atom. The van der Waals surface area contributed by atoms with Crippen molar-refractivity contribution in [1.82, 2.24) is 4.98 Å². The van der Waals surface area contributed by atoms with E-state index in [1.54, 1.807) is 0 Å². The third-order valence-electron chi connectivity index (χ3n) is 2.20. The molecule has 84 valence electrons. The first-order valence-corrected chi connectivity index (χ1v) is 6.06. The summed E-state index contributed by atoms with van der Waals surface area (Å²) in [5.41, 5.74) is 6.74. The highest BCUT2D eigenvalue weighted by Gasteiger charge is 2.17. The molecule has 1 heterocycles. The van der Waals surface area contributed by atoms with E-state index in [0.29, 0.717) is 12.4 Å². The van der Waals surface area contributed by atoms with E-state index in [0.717, 1.165) is 10.6 Å². The van der Waals surface area contributed by atoms with Crippen LogP contribution in [0.2, 0.25) is 0 Å². The molecular weight excluding hydrogens is 220 g/mol. The lowest BCUT2D eigenvalue weighted by molar-refractivity contribution is 0.0912. The van der Waals surface area contributed by atoms with Crippen LogP contribution in [0.25, 0.3) is 0 Å². The zero-order chi connectivity index (χ0) is 11.4. The van der Waals surface area contributed by atoms with Crippen LogP contribution in [0.3, 0.4) is 0 Å². The van der Waals surface area contributed by atoms with Crippen LogP contribution < -0.4 is 5.73 Å². The Hall–Kier alpha value is -1.39. The number of nitrogens with zero attached hydrogens (tertiary/aromatic N) is 1. The van der Waals surface area contributed by atoms with Crippen LogP contribution >= 0.6 is 11.3 Å². The van der Waals surface area contributed by atoms with E-state index in [2.05, 4.69) is 4.98 Å². The molecular formula is C12H14N2OS. The monoisotopic (exact) mass is 234 g/mol. The number of benzene rings is 1. The van der Waals surface area contributed by atoms with Gasteiger partial charge in [0.05, 0.1) is 0 Å². The number of nitrogens with two attached hydrogens (primary N) is 1. The number of hydrogen-bond acceptors (Lipinski definition) is 4. The molecule has 0 aliphatic heterocycles. The van der Waals surface area contributed by atoms with E-state index in [-0.39, 0.29) is 6.10 Å². The molecule has 0 aliphatic carbocycles. The van der Waals surface area contributed by atoms with Gasteiger partial charge in [0.2, 0.25) is 0 Å². The van der Waals surface area contributed by atoms with Crippen molar-refractivity contribution in [3.8, 4) is 0 Å². The number of rotatable bonds is 4. The number of nitrogen functional groups attached to an aromatic ring is 1. The highest BCUT2D eigenvalue weighted by molar-refractivity contribution is 7.10. The fourth-order valence-electron chi connectivity index (χ4n) is 1.53. The lowest BCUT2D eigenvalue weighted by atomic mass is 10.1. The van der Waals surface area contributed by atoms with E-state index in [1.807, 2.05) is 42.6 Å². The van der Waals surface area contributed by atoms with Crippen molar-refractivity contribution in [1.29, 1.82) is 0 Å². The second kappa shape index (κ2) is 5.09. The van der Waals surface area contributed by atoms with Crippen molar-refractivity contribution in [3.05, 3.63) is 46.3 Å². The van der Waals surface area contributed by atoms with Gasteiger partial charge in [0, 0.05) is 12.0 Å². The maximum Gasteiger partial charge on any atom is 0.134 e. The molecule has 2 N–H and O–H groups in total. The molecule has 0 spiro atoms. The zero-order valence-electron chi connectivity index (χ0n) is 9.09. The van der Waals surface area contributed by atoms with Crippen molar-refractivity contribution < 1.29 is 4.74 Å². The predicted molar refractivity (Wildman–Crippen MR) is 66.4 cm³/mol. The molecule has 0 radical (unpaired) electrons. The Bertz CT molecular complexity index is 441. The van der Waals surface area contributed by atoms with Crippen molar-refractivity contribution in [2.24, 2.45) is 0 Å². The molecule has 0 aliphatic rings. The molecule has 0 saturated heterocycles. The minimum absolute atomic E-state index is 0.103. The summed E-state index contributed by atoms with van der Waals surface area (Å²) < 4.78 is 5.72. The third-order valence-corrected chi connectivity index (χ3v) is 3.11. The second-order valence-corrected chi connectivity index (χ2v) is 4.25. The van der Waals surface area contributed by atoms with Gasteiger partial charge in [0.15, 0.2) is 0 Å². The SMILES string of the molecule is CCOC(c1ccccc1)c1nc(N)cs1. The minimum atomic E-state index is -0.103. The van der Waals surface area contributed by atoms with E-state index < -0.39 is 0 Å². The number of aromatic nitrogens is 1. The van der Waals surface area contributed by atoms with Crippen molar-refractivity contribution in [3.63, 3.8) is 0 Å². The second-order valence-electron chi connectivity index (χ2n) is 3.36. The molecule has 1 aromatic carbocycles. The summed E-state index contributed by atoms with van der Waals surface area (Å²) in [6.07, 6.45) is -0.103. The Kier molecular flexibility index (Phi) is 3.54.